The Bertz CT molecular complexity index is 419. The van der Waals surface area contributed by atoms with Gasteiger partial charge in [-0.1, -0.05) is 17.7 Å². The first kappa shape index (κ1) is 14.6. The van der Waals surface area contributed by atoms with E-state index < -0.39 is 0 Å². The summed E-state index contributed by atoms with van der Waals surface area (Å²) in [6.07, 6.45) is 0.913. The van der Waals surface area contributed by atoms with E-state index in [0.29, 0.717) is 18.2 Å². The topological polar surface area (TPSA) is 39.7 Å². The summed E-state index contributed by atoms with van der Waals surface area (Å²) in [5.41, 5.74) is 0.755. The van der Waals surface area contributed by atoms with E-state index >= 15 is 0 Å². The van der Waals surface area contributed by atoms with Gasteiger partial charge >= 0.3 is 0 Å². The highest BCUT2D eigenvalue weighted by molar-refractivity contribution is 6.31. The average molecular weight is 286 g/mol. The molecule has 1 atom stereocenters. The fourth-order valence-corrected chi connectivity index (χ4v) is 2.51. The lowest BCUT2D eigenvalue weighted by molar-refractivity contribution is -0.0159. The monoisotopic (exact) mass is 285 g/mol. The molecule has 1 aliphatic rings. The number of hydrogen-bond acceptors (Lipinski definition) is 4. The Morgan fingerprint density at radius 1 is 1.42 bits per heavy atom. The van der Waals surface area contributed by atoms with Crippen LogP contribution in [0.5, 0.6) is 5.75 Å². The largest absolute Gasteiger partial charge is 0.496 e. The molecule has 1 saturated heterocycles. The third kappa shape index (κ3) is 3.39. The Hall–Kier alpha value is -0.810. The number of rotatable bonds is 6. The Morgan fingerprint density at radius 3 is 2.89 bits per heavy atom. The fourth-order valence-electron chi connectivity index (χ4n) is 2.28. The van der Waals surface area contributed by atoms with Crippen LogP contribution in [-0.2, 0) is 16.0 Å². The van der Waals surface area contributed by atoms with Crippen molar-refractivity contribution in [3.63, 3.8) is 0 Å². The maximum atomic E-state index is 6.20. The first-order chi connectivity index (χ1) is 9.21. The molecule has 0 amide bonds. The van der Waals surface area contributed by atoms with Crippen LogP contribution in [0.15, 0.2) is 18.2 Å². The molecular formula is C14H20ClNO3. The highest BCUT2D eigenvalue weighted by Crippen LogP contribution is 2.27. The van der Waals surface area contributed by atoms with Gasteiger partial charge in [0, 0.05) is 43.8 Å². The van der Waals surface area contributed by atoms with E-state index in [4.69, 9.17) is 25.8 Å². The molecule has 0 bridgehead atoms. The molecule has 1 N–H and O–H groups in total. The van der Waals surface area contributed by atoms with E-state index in [9.17, 15) is 0 Å². The first-order valence-electron chi connectivity index (χ1n) is 6.36. The highest BCUT2D eigenvalue weighted by atomic mass is 35.5. The van der Waals surface area contributed by atoms with Crippen molar-refractivity contribution in [1.82, 2.24) is 5.32 Å². The van der Waals surface area contributed by atoms with Crippen molar-refractivity contribution in [3.05, 3.63) is 28.8 Å². The standard InChI is InChI=1S/C14H20ClNO3/c1-17-13-5-3-4-12(15)11(13)8-16-9-14(18-2)6-7-19-10-14/h3-5,16H,6-10H2,1-2H3. The number of nitrogens with one attached hydrogen (secondary N) is 1. The third-order valence-corrected chi connectivity index (χ3v) is 3.90. The predicted octanol–water partition coefficient (Wildman–Crippen LogP) is 2.24. The zero-order chi connectivity index (χ0) is 13.7. The quantitative estimate of drug-likeness (QED) is 0.870. The summed E-state index contributed by atoms with van der Waals surface area (Å²) in [5, 5.41) is 4.09. The molecule has 0 saturated carbocycles. The molecule has 2 rings (SSSR count). The molecule has 1 aliphatic heterocycles. The zero-order valence-corrected chi connectivity index (χ0v) is 12.1. The Balaban J connectivity index is 1.95. The van der Waals surface area contributed by atoms with Crippen LogP contribution < -0.4 is 10.1 Å². The van der Waals surface area contributed by atoms with Gasteiger partial charge < -0.3 is 19.5 Å². The van der Waals surface area contributed by atoms with Crippen LogP contribution in [0.2, 0.25) is 5.02 Å². The molecular weight excluding hydrogens is 266 g/mol. The molecule has 1 heterocycles. The van der Waals surface area contributed by atoms with E-state index in [2.05, 4.69) is 5.32 Å². The predicted molar refractivity (Wildman–Crippen MR) is 74.9 cm³/mol. The molecule has 19 heavy (non-hydrogen) atoms. The number of halogens is 1. The molecule has 1 unspecified atom stereocenters. The molecule has 0 spiro atoms. The van der Waals surface area contributed by atoms with E-state index in [-0.39, 0.29) is 5.60 Å². The van der Waals surface area contributed by atoms with Crippen LogP contribution in [0.25, 0.3) is 0 Å². The smallest absolute Gasteiger partial charge is 0.124 e. The van der Waals surface area contributed by atoms with Crippen LogP contribution in [0.1, 0.15) is 12.0 Å². The van der Waals surface area contributed by atoms with Gasteiger partial charge in [-0.15, -0.1) is 0 Å². The van der Waals surface area contributed by atoms with Crippen LogP contribution in [0.4, 0.5) is 0 Å². The molecule has 1 aromatic carbocycles. The molecule has 1 aromatic rings. The first-order valence-corrected chi connectivity index (χ1v) is 6.73. The fraction of sp³-hybridized carbons (Fsp3) is 0.571. The van der Waals surface area contributed by atoms with E-state index in [1.165, 1.54) is 0 Å². The van der Waals surface area contributed by atoms with Crippen molar-refractivity contribution in [3.8, 4) is 5.75 Å². The summed E-state index contributed by atoms with van der Waals surface area (Å²) in [7, 11) is 3.38. The molecule has 4 nitrogen and oxygen atoms in total. The van der Waals surface area contributed by atoms with Crippen molar-refractivity contribution in [2.75, 3.05) is 34.0 Å². The molecule has 106 valence electrons. The summed E-state index contributed by atoms with van der Waals surface area (Å²) in [6, 6.07) is 5.66. The lowest BCUT2D eigenvalue weighted by atomic mass is 10.0. The van der Waals surface area contributed by atoms with E-state index in [1.807, 2.05) is 18.2 Å². The molecule has 0 radical (unpaired) electrons. The van der Waals surface area contributed by atoms with Crippen LogP contribution in [0, 0.1) is 0 Å². The third-order valence-electron chi connectivity index (χ3n) is 3.54. The summed E-state index contributed by atoms with van der Waals surface area (Å²) in [4.78, 5) is 0. The van der Waals surface area contributed by atoms with Crippen molar-refractivity contribution in [1.29, 1.82) is 0 Å². The van der Waals surface area contributed by atoms with Gasteiger partial charge in [-0.3, -0.25) is 0 Å². The van der Waals surface area contributed by atoms with Crippen LogP contribution >= 0.6 is 11.6 Å². The zero-order valence-electron chi connectivity index (χ0n) is 11.4. The highest BCUT2D eigenvalue weighted by Gasteiger charge is 2.34. The molecule has 5 heteroatoms. The minimum atomic E-state index is -0.214. The van der Waals surface area contributed by atoms with Gasteiger partial charge in [-0.2, -0.15) is 0 Å². The molecule has 1 fully saturated rings. The second kappa shape index (κ2) is 6.57. The Kier molecular flexibility index (Phi) is 5.05. The summed E-state index contributed by atoms with van der Waals surface area (Å²) < 4.78 is 16.3. The summed E-state index contributed by atoms with van der Waals surface area (Å²) in [5.74, 6) is 0.800. The van der Waals surface area contributed by atoms with Gasteiger partial charge in [0.05, 0.1) is 13.7 Å². The van der Waals surface area contributed by atoms with Gasteiger partial charge in [-0.05, 0) is 12.1 Å². The minimum Gasteiger partial charge on any atom is -0.496 e. The number of benzene rings is 1. The van der Waals surface area contributed by atoms with Gasteiger partial charge in [0.2, 0.25) is 0 Å². The van der Waals surface area contributed by atoms with Crippen molar-refractivity contribution in [2.45, 2.75) is 18.6 Å². The number of ether oxygens (including phenoxy) is 3. The average Bonchev–Trinajstić information content (AvgIpc) is 2.90. The second-order valence-corrected chi connectivity index (χ2v) is 5.12. The lowest BCUT2D eigenvalue weighted by Crippen LogP contribution is -2.42. The van der Waals surface area contributed by atoms with Gasteiger partial charge in [0.1, 0.15) is 11.4 Å². The second-order valence-electron chi connectivity index (χ2n) is 4.71. The van der Waals surface area contributed by atoms with Crippen molar-refractivity contribution >= 4 is 11.6 Å². The Labute approximate surface area is 119 Å². The number of hydrogen-bond donors (Lipinski definition) is 1. The van der Waals surface area contributed by atoms with E-state index in [1.54, 1.807) is 14.2 Å². The van der Waals surface area contributed by atoms with E-state index in [0.717, 1.165) is 30.9 Å². The summed E-state index contributed by atoms with van der Waals surface area (Å²) >= 11 is 6.20. The number of methoxy groups -OCH3 is 2. The minimum absolute atomic E-state index is 0.214. The van der Waals surface area contributed by atoms with Crippen molar-refractivity contribution in [2.24, 2.45) is 0 Å². The van der Waals surface area contributed by atoms with Crippen LogP contribution in [-0.4, -0.2) is 39.6 Å². The molecule has 0 aliphatic carbocycles. The Morgan fingerprint density at radius 2 is 2.26 bits per heavy atom. The van der Waals surface area contributed by atoms with Gasteiger partial charge in [0.25, 0.3) is 0 Å². The maximum absolute atomic E-state index is 6.20. The van der Waals surface area contributed by atoms with Crippen LogP contribution in [0.3, 0.4) is 0 Å². The maximum Gasteiger partial charge on any atom is 0.124 e. The SMILES string of the molecule is COc1cccc(Cl)c1CNCC1(OC)CCOC1. The van der Waals surface area contributed by atoms with Gasteiger partial charge in [0.15, 0.2) is 0 Å². The van der Waals surface area contributed by atoms with Crippen molar-refractivity contribution < 1.29 is 14.2 Å². The molecule has 0 aromatic heterocycles. The normalized spacial score (nSPS) is 22.7. The summed E-state index contributed by atoms with van der Waals surface area (Å²) in [6.45, 7) is 2.77. The van der Waals surface area contributed by atoms with Gasteiger partial charge in [-0.25, -0.2) is 0 Å². The lowest BCUT2D eigenvalue weighted by Gasteiger charge is -2.26.